The molecule has 32 heavy (non-hydrogen) atoms. The molecule has 1 heterocycles. The topological polar surface area (TPSA) is 78.9 Å². The minimum Gasteiger partial charge on any atom is -0.495 e. The van der Waals surface area contributed by atoms with Gasteiger partial charge in [-0.05, 0) is 75.2 Å². The Morgan fingerprint density at radius 2 is 1.78 bits per heavy atom. The molecular formula is C24H33N3O4S. The molecule has 0 bridgehead atoms. The minimum atomic E-state index is -3.80. The van der Waals surface area contributed by atoms with Crippen molar-refractivity contribution in [2.45, 2.75) is 37.6 Å². The second-order valence-electron chi connectivity index (χ2n) is 8.45. The number of nitrogens with one attached hydrogen (secondary N) is 1. The third-order valence-corrected chi connectivity index (χ3v) is 7.98. The fourth-order valence-corrected chi connectivity index (χ4v) is 5.10. The van der Waals surface area contributed by atoms with E-state index in [1.165, 1.54) is 43.4 Å². The average Bonchev–Trinajstić information content (AvgIpc) is 2.82. The van der Waals surface area contributed by atoms with Crippen LogP contribution in [0.2, 0.25) is 0 Å². The predicted octanol–water partition coefficient (Wildman–Crippen LogP) is 3.37. The minimum absolute atomic E-state index is 0.110. The van der Waals surface area contributed by atoms with E-state index < -0.39 is 10.0 Å². The summed E-state index contributed by atoms with van der Waals surface area (Å²) in [5.41, 5.74) is 0.876. The van der Waals surface area contributed by atoms with E-state index in [0.29, 0.717) is 23.5 Å². The standard InChI is InChI=1S/C24H33N3O4S/c1-18-13-15-27(16-14-18)19(2)17-25-24(28)20-9-11-21(12-10-20)32(29,30)26(3)22-7-5-6-8-23(22)31-4/h5-12,18-19H,13-17H2,1-4H3,(H,25,28). The molecule has 1 unspecified atom stereocenters. The van der Waals surface area contributed by atoms with Crippen LogP contribution in [0.1, 0.15) is 37.0 Å². The molecule has 174 valence electrons. The van der Waals surface area contributed by atoms with E-state index in [4.69, 9.17) is 4.74 Å². The van der Waals surface area contributed by atoms with Crippen LogP contribution in [-0.2, 0) is 10.0 Å². The van der Waals surface area contributed by atoms with Gasteiger partial charge in [-0.25, -0.2) is 8.42 Å². The van der Waals surface area contributed by atoms with Gasteiger partial charge in [-0.2, -0.15) is 0 Å². The number of hydrogen-bond acceptors (Lipinski definition) is 5. The maximum atomic E-state index is 13.1. The van der Waals surface area contributed by atoms with Crippen molar-refractivity contribution < 1.29 is 17.9 Å². The number of sulfonamides is 1. The summed E-state index contributed by atoms with van der Waals surface area (Å²) in [5, 5.41) is 2.97. The number of piperidine rings is 1. The van der Waals surface area contributed by atoms with Crippen molar-refractivity contribution in [3.05, 3.63) is 54.1 Å². The first-order valence-electron chi connectivity index (χ1n) is 11.0. The third-order valence-electron chi connectivity index (χ3n) is 6.20. The van der Waals surface area contributed by atoms with Gasteiger partial charge in [0.15, 0.2) is 0 Å². The Balaban J connectivity index is 1.64. The van der Waals surface area contributed by atoms with E-state index in [-0.39, 0.29) is 16.8 Å². The van der Waals surface area contributed by atoms with E-state index in [9.17, 15) is 13.2 Å². The molecule has 0 aromatic heterocycles. The SMILES string of the molecule is COc1ccccc1N(C)S(=O)(=O)c1ccc(C(=O)NCC(C)N2CCC(C)CC2)cc1. The summed E-state index contributed by atoms with van der Waals surface area (Å²) in [5.74, 6) is 1.03. The normalized spacial score (nSPS) is 16.4. The van der Waals surface area contributed by atoms with Crippen LogP contribution >= 0.6 is 0 Å². The van der Waals surface area contributed by atoms with Crippen molar-refractivity contribution in [2.75, 3.05) is 38.1 Å². The highest BCUT2D eigenvalue weighted by molar-refractivity contribution is 7.92. The maximum absolute atomic E-state index is 13.1. The third kappa shape index (κ3) is 5.42. The molecule has 1 amide bonds. The van der Waals surface area contributed by atoms with Gasteiger partial charge in [-0.1, -0.05) is 19.1 Å². The van der Waals surface area contributed by atoms with Gasteiger partial charge in [0.25, 0.3) is 15.9 Å². The van der Waals surface area contributed by atoms with Crippen molar-refractivity contribution in [3.8, 4) is 5.75 Å². The van der Waals surface area contributed by atoms with E-state index in [2.05, 4.69) is 24.1 Å². The first-order valence-corrected chi connectivity index (χ1v) is 12.4. The number of benzene rings is 2. The van der Waals surface area contributed by atoms with Crippen LogP contribution in [0.3, 0.4) is 0 Å². The zero-order chi connectivity index (χ0) is 23.3. The monoisotopic (exact) mass is 459 g/mol. The Morgan fingerprint density at radius 3 is 2.41 bits per heavy atom. The van der Waals surface area contributed by atoms with Gasteiger partial charge < -0.3 is 10.1 Å². The highest BCUT2D eigenvalue weighted by Crippen LogP contribution is 2.30. The summed E-state index contributed by atoms with van der Waals surface area (Å²) >= 11 is 0. The lowest BCUT2D eigenvalue weighted by Crippen LogP contribution is -2.45. The number of nitrogens with zero attached hydrogens (tertiary/aromatic N) is 2. The van der Waals surface area contributed by atoms with Gasteiger partial charge >= 0.3 is 0 Å². The highest BCUT2D eigenvalue weighted by atomic mass is 32.2. The fraction of sp³-hybridized carbons (Fsp3) is 0.458. The predicted molar refractivity (Wildman–Crippen MR) is 127 cm³/mol. The summed E-state index contributed by atoms with van der Waals surface area (Å²) in [6.07, 6.45) is 2.38. The van der Waals surface area contributed by atoms with Gasteiger partial charge in [0.1, 0.15) is 5.75 Å². The van der Waals surface area contributed by atoms with Gasteiger partial charge in [0, 0.05) is 25.2 Å². The molecule has 2 aromatic rings. The molecule has 0 aliphatic carbocycles. The van der Waals surface area contributed by atoms with Crippen molar-refractivity contribution >= 4 is 21.6 Å². The van der Waals surface area contributed by atoms with E-state index in [0.717, 1.165) is 19.0 Å². The smallest absolute Gasteiger partial charge is 0.264 e. The van der Waals surface area contributed by atoms with Gasteiger partial charge in [0.2, 0.25) is 0 Å². The number of ether oxygens (including phenoxy) is 1. The number of carbonyl (C=O) groups excluding carboxylic acids is 1. The van der Waals surface area contributed by atoms with Crippen LogP contribution in [0.25, 0.3) is 0 Å². The molecule has 1 fully saturated rings. The van der Waals surface area contributed by atoms with Crippen LogP contribution in [0.4, 0.5) is 5.69 Å². The second-order valence-corrected chi connectivity index (χ2v) is 10.4. The molecule has 0 radical (unpaired) electrons. The Kier molecular flexibility index (Phi) is 7.79. The number of methoxy groups -OCH3 is 1. The molecule has 7 nitrogen and oxygen atoms in total. The van der Waals surface area contributed by atoms with Crippen molar-refractivity contribution in [1.82, 2.24) is 10.2 Å². The molecule has 1 saturated heterocycles. The molecular weight excluding hydrogens is 426 g/mol. The first-order chi connectivity index (χ1) is 15.2. The lowest BCUT2D eigenvalue weighted by molar-refractivity contribution is 0.0921. The molecule has 8 heteroatoms. The molecule has 1 atom stereocenters. The van der Waals surface area contributed by atoms with Gasteiger partial charge in [-0.3, -0.25) is 14.0 Å². The summed E-state index contributed by atoms with van der Waals surface area (Å²) in [4.78, 5) is 15.1. The van der Waals surface area contributed by atoms with Crippen molar-refractivity contribution in [3.63, 3.8) is 0 Å². The van der Waals surface area contributed by atoms with E-state index in [1.54, 1.807) is 36.4 Å². The second kappa shape index (κ2) is 10.4. The number of amides is 1. The van der Waals surface area contributed by atoms with E-state index in [1.807, 2.05) is 0 Å². The maximum Gasteiger partial charge on any atom is 0.264 e. The lowest BCUT2D eigenvalue weighted by Gasteiger charge is -2.35. The number of likely N-dealkylation sites (tertiary alicyclic amines) is 1. The molecule has 1 aliphatic heterocycles. The zero-order valence-corrected chi connectivity index (χ0v) is 20.1. The Labute approximate surface area is 191 Å². The molecule has 2 aromatic carbocycles. The van der Waals surface area contributed by atoms with Gasteiger partial charge in [0.05, 0.1) is 17.7 Å². The summed E-state index contributed by atoms with van der Waals surface area (Å²) in [7, 11) is -0.815. The highest BCUT2D eigenvalue weighted by Gasteiger charge is 2.24. The van der Waals surface area contributed by atoms with Crippen LogP contribution < -0.4 is 14.4 Å². The number of para-hydroxylation sites is 2. The molecule has 1 aliphatic rings. The van der Waals surface area contributed by atoms with Crippen molar-refractivity contribution in [1.29, 1.82) is 0 Å². The summed E-state index contributed by atoms with van der Waals surface area (Å²) in [6, 6.07) is 13.2. The number of rotatable bonds is 8. The number of hydrogen-bond donors (Lipinski definition) is 1. The lowest BCUT2D eigenvalue weighted by atomic mass is 9.98. The molecule has 0 spiro atoms. The largest absolute Gasteiger partial charge is 0.495 e. The molecule has 0 saturated carbocycles. The Morgan fingerprint density at radius 1 is 1.16 bits per heavy atom. The van der Waals surface area contributed by atoms with Crippen molar-refractivity contribution in [2.24, 2.45) is 5.92 Å². The van der Waals surface area contributed by atoms with Crippen LogP contribution in [0.15, 0.2) is 53.4 Å². The summed E-state index contributed by atoms with van der Waals surface area (Å²) < 4.78 is 32.6. The molecule has 3 rings (SSSR count). The van der Waals surface area contributed by atoms with Gasteiger partial charge in [-0.15, -0.1) is 0 Å². The molecule has 1 N–H and O–H groups in total. The number of carbonyl (C=O) groups is 1. The Hall–Kier alpha value is -2.58. The Bertz CT molecular complexity index is 1020. The zero-order valence-electron chi connectivity index (χ0n) is 19.2. The average molecular weight is 460 g/mol. The first kappa shape index (κ1) is 24.1. The quantitative estimate of drug-likeness (QED) is 0.655. The fourth-order valence-electron chi connectivity index (χ4n) is 3.90. The van der Waals surface area contributed by atoms with Crippen LogP contribution in [0.5, 0.6) is 5.75 Å². The number of anilines is 1. The summed E-state index contributed by atoms with van der Waals surface area (Å²) in [6.45, 7) is 7.08. The van der Waals surface area contributed by atoms with E-state index >= 15 is 0 Å². The van der Waals surface area contributed by atoms with Crippen LogP contribution in [-0.4, -0.2) is 59.1 Å². The van der Waals surface area contributed by atoms with Crippen LogP contribution in [0, 0.1) is 5.92 Å².